The minimum absolute atomic E-state index is 0. The lowest BCUT2D eigenvalue weighted by atomic mass is 10.2. The molecule has 1 fully saturated rings. The molecule has 55 heavy (non-hydrogen) atoms. The first-order valence-electron chi connectivity index (χ1n) is 18.0. The molecule has 0 unspecified atom stereocenters. The molecule has 0 saturated carbocycles. The fourth-order valence-electron chi connectivity index (χ4n) is 5.87. The maximum Gasteiger partial charge on any atom is 0.328 e. The van der Waals surface area contributed by atoms with Crippen LogP contribution in [0.2, 0.25) is 0 Å². The van der Waals surface area contributed by atoms with Gasteiger partial charge in [0.1, 0.15) is 22.5 Å². The number of ether oxygens (including phenoxy) is 2. The molecule has 18 nitrogen and oxygen atoms in total. The molecule has 2 aliphatic heterocycles. The van der Waals surface area contributed by atoms with E-state index in [4.69, 9.17) is 26.0 Å². The number of aromatic amines is 2. The lowest BCUT2D eigenvalue weighted by Gasteiger charge is -2.11. The molecule has 298 valence electrons. The SMILES string of the molecule is C.C1CCOC1.Nc1nc(NCCCCO)nc2c1[nH]c(=O)n2Cc1cccc(O)c1.Nc1nc2nc3c1[nH]c(=O)n3Cc1cccc(c1)OCCCCN2.[HH].[HH]. The number of aliphatic hydroxyl groups excluding tert-OH is 1. The molecule has 10 N–H and O–H groups in total. The third-order valence-electron chi connectivity index (χ3n) is 8.61. The number of hydrogen-bond acceptors (Lipinski definition) is 14. The van der Waals surface area contributed by atoms with Crippen molar-refractivity contribution in [2.75, 3.05) is 61.6 Å². The first kappa shape index (κ1) is 40.1. The highest BCUT2D eigenvalue weighted by Crippen LogP contribution is 2.21. The van der Waals surface area contributed by atoms with E-state index in [2.05, 4.69) is 40.5 Å². The smallest absolute Gasteiger partial charge is 0.328 e. The Hall–Kier alpha value is -6.14. The number of aliphatic hydroxyl groups is 1. The van der Waals surface area contributed by atoms with Gasteiger partial charge in [-0.2, -0.15) is 19.9 Å². The van der Waals surface area contributed by atoms with Crippen molar-refractivity contribution in [3.05, 3.63) is 80.6 Å². The van der Waals surface area contributed by atoms with E-state index in [0.717, 1.165) is 49.4 Å². The summed E-state index contributed by atoms with van der Waals surface area (Å²) in [6.45, 7) is 4.70. The van der Waals surface area contributed by atoms with Gasteiger partial charge in [-0.15, -0.1) is 0 Å². The van der Waals surface area contributed by atoms with E-state index in [1.165, 1.54) is 17.4 Å². The van der Waals surface area contributed by atoms with Crippen LogP contribution in [0.5, 0.6) is 11.5 Å². The number of aromatic hydroxyl groups is 1. The normalized spacial score (nSPS) is 13.7. The summed E-state index contributed by atoms with van der Waals surface area (Å²) < 4.78 is 13.7. The van der Waals surface area contributed by atoms with Crippen molar-refractivity contribution in [2.24, 2.45) is 0 Å². The highest BCUT2D eigenvalue weighted by atomic mass is 16.5. The number of rotatable bonds is 7. The van der Waals surface area contributed by atoms with Gasteiger partial charge in [0.2, 0.25) is 11.9 Å². The topological polar surface area (TPSA) is 262 Å². The molecule has 0 aliphatic carbocycles. The fraction of sp³-hybridized carbons (Fsp3) is 0.405. The highest BCUT2D eigenvalue weighted by molar-refractivity contribution is 5.83. The highest BCUT2D eigenvalue weighted by Gasteiger charge is 2.16. The molecule has 1 saturated heterocycles. The summed E-state index contributed by atoms with van der Waals surface area (Å²) >= 11 is 0. The molecule has 8 rings (SSSR count). The van der Waals surface area contributed by atoms with Gasteiger partial charge < -0.3 is 51.8 Å². The predicted octanol–water partition coefficient (Wildman–Crippen LogP) is 3.90. The van der Waals surface area contributed by atoms with Crippen LogP contribution in [0.25, 0.3) is 22.3 Å². The van der Waals surface area contributed by atoms with Crippen LogP contribution in [0, 0.1) is 0 Å². The number of hydrogen-bond donors (Lipinski definition) is 8. The van der Waals surface area contributed by atoms with E-state index < -0.39 is 0 Å². The average Bonchev–Trinajstić information content (AvgIpc) is 3.91. The Morgan fingerprint density at radius 1 is 0.855 bits per heavy atom. The summed E-state index contributed by atoms with van der Waals surface area (Å²) in [7, 11) is 0. The molecule has 0 radical (unpaired) electrons. The van der Waals surface area contributed by atoms with Gasteiger partial charge in [-0.05, 0) is 73.9 Å². The van der Waals surface area contributed by atoms with Crippen molar-refractivity contribution < 1.29 is 22.5 Å². The number of anilines is 4. The second-order valence-corrected chi connectivity index (χ2v) is 12.8. The molecular formula is C37H54N12O6. The van der Waals surface area contributed by atoms with E-state index >= 15 is 0 Å². The van der Waals surface area contributed by atoms with Crippen molar-refractivity contribution in [1.82, 2.24) is 39.0 Å². The van der Waals surface area contributed by atoms with Crippen LogP contribution in [0.3, 0.4) is 0 Å². The number of aromatic nitrogens is 8. The zero-order valence-corrected chi connectivity index (χ0v) is 29.9. The van der Waals surface area contributed by atoms with Crippen LogP contribution < -0.4 is 38.2 Å². The number of benzene rings is 2. The number of nitrogens with two attached hydrogens (primary N) is 2. The molecule has 4 bridgehead atoms. The monoisotopic (exact) mass is 762 g/mol. The zero-order chi connectivity index (χ0) is 37.9. The van der Waals surface area contributed by atoms with Gasteiger partial charge in [-0.1, -0.05) is 31.7 Å². The number of H-pyrrole nitrogens is 2. The van der Waals surface area contributed by atoms with Crippen LogP contribution in [0.15, 0.2) is 58.1 Å². The third-order valence-corrected chi connectivity index (χ3v) is 8.61. The van der Waals surface area contributed by atoms with Gasteiger partial charge >= 0.3 is 11.4 Å². The van der Waals surface area contributed by atoms with Crippen LogP contribution in [-0.2, 0) is 17.8 Å². The Bertz CT molecular complexity index is 2280. The van der Waals surface area contributed by atoms with Crippen molar-refractivity contribution in [1.29, 1.82) is 0 Å². The number of fused-ring (bicyclic) bond motifs is 4. The molecule has 2 aliphatic rings. The summed E-state index contributed by atoms with van der Waals surface area (Å²) in [6.07, 6.45) is 5.84. The zero-order valence-electron chi connectivity index (χ0n) is 29.9. The van der Waals surface area contributed by atoms with Crippen LogP contribution >= 0.6 is 0 Å². The molecule has 2 aromatic carbocycles. The first-order valence-corrected chi connectivity index (χ1v) is 18.0. The molecule has 18 heteroatoms. The van der Waals surface area contributed by atoms with Crippen molar-refractivity contribution in [3.63, 3.8) is 0 Å². The van der Waals surface area contributed by atoms with Crippen molar-refractivity contribution >= 4 is 45.9 Å². The minimum Gasteiger partial charge on any atom is -0.508 e. The van der Waals surface area contributed by atoms with Crippen molar-refractivity contribution in [2.45, 2.75) is 59.0 Å². The summed E-state index contributed by atoms with van der Waals surface area (Å²) in [4.78, 5) is 47.2. The molecule has 0 spiro atoms. The molecule has 6 heterocycles. The standard InChI is InChI=1S/C16H20N6O3.C16H18N6O2.C4H8O.CH4.2H2/c17-13-12-14(21-15(20-13)18-6-1-2-7-23)22(16(25)19-12)9-10-4-3-5-11(24)8-10;17-13-12-14-21-15(20-13)18-6-1-2-7-24-11-5-3-4-10(8-11)9-22(14)16(23)19-12;1-2-4-5-3-1;;;/h3-5,8,23-24H,1-2,6-7,9H2,(H,19,25)(H3,17,18,20,21);3-5,8H,1-2,6-7,9H2,(H,19,23)(H3,17,18,20,21);1-4H2;1H4;2*1H. The molecule has 6 aromatic rings. The Morgan fingerprint density at radius 2 is 1.60 bits per heavy atom. The number of phenols is 1. The summed E-state index contributed by atoms with van der Waals surface area (Å²) in [5.41, 5.74) is 14.8. The van der Waals surface area contributed by atoms with E-state index in [9.17, 15) is 14.7 Å². The molecular weight excluding hydrogens is 708 g/mol. The Labute approximate surface area is 319 Å². The largest absolute Gasteiger partial charge is 0.508 e. The lowest BCUT2D eigenvalue weighted by Crippen LogP contribution is -2.18. The molecule has 4 aromatic heterocycles. The van der Waals surface area contributed by atoms with E-state index in [-0.39, 0.29) is 52.2 Å². The summed E-state index contributed by atoms with van der Waals surface area (Å²) in [6, 6.07) is 14.4. The minimum atomic E-state index is -0.350. The van der Waals surface area contributed by atoms with Crippen molar-refractivity contribution in [3.8, 4) is 11.5 Å². The first-order chi connectivity index (χ1) is 26.3. The second kappa shape index (κ2) is 19.3. The second-order valence-electron chi connectivity index (χ2n) is 12.8. The number of nitrogens with one attached hydrogen (secondary N) is 4. The van der Waals surface area contributed by atoms with E-state index in [1.54, 1.807) is 22.8 Å². The van der Waals surface area contributed by atoms with E-state index in [0.29, 0.717) is 66.9 Å². The average molecular weight is 763 g/mol. The number of unbranched alkanes of at least 4 members (excludes halogenated alkanes) is 1. The van der Waals surface area contributed by atoms with Crippen LogP contribution in [0.1, 0.15) is 59.9 Å². The number of phenolic OH excluding ortho intramolecular Hbond substituents is 1. The quantitative estimate of drug-likeness (QED) is 0.107. The molecule has 0 amide bonds. The number of nitrogen functional groups attached to an aromatic ring is 2. The third kappa shape index (κ3) is 10.5. The Morgan fingerprint density at radius 3 is 2.36 bits per heavy atom. The van der Waals surface area contributed by atoms with Gasteiger partial charge in [0.25, 0.3) is 0 Å². The van der Waals surface area contributed by atoms with Gasteiger partial charge in [0.15, 0.2) is 22.9 Å². The maximum absolute atomic E-state index is 12.3. The molecule has 0 atom stereocenters. The Kier molecular flexibility index (Phi) is 14.0. The number of imidazole rings is 2. The van der Waals surface area contributed by atoms with Gasteiger partial charge in [-0.3, -0.25) is 9.13 Å². The van der Waals surface area contributed by atoms with E-state index in [1.807, 2.05) is 30.3 Å². The van der Waals surface area contributed by atoms with Gasteiger partial charge in [-0.25, -0.2) is 9.59 Å². The summed E-state index contributed by atoms with van der Waals surface area (Å²) in [5, 5.41) is 24.6. The van der Waals surface area contributed by atoms with Crippen LogP contribution in [0.4, 0.5) is 23.5 Å². The maximum atomic E-state index is 12.3. The summed E-state index contributed by atoms with van der Waals surface area (Å²) in [5.74, 6) is 2.14. The number of nitrogens with zero attached hydrogens (tertiary/aromatic N) is 6. The van der Waals surface area contributed by atoms with Crippen LogP contribution in [-0.4, -0.2) is 88.8 Å². The van der Waals surface area contributed by atoms with Gasteiger partial charge in [0.05, 0.1) is 19.7 Å². The Balaban J connectivity index is 0.000000259. The lowest BCUT2D eigenvalue weighted by molar-refractivity contribution is 0.198. The fourth-order valence-corrected chi connectivity index (χ4v) is 5.87. The van der Waals surface area contributed by atoms with Gasteiger partial charge in [0, 0.05) is 35.8 Å². The predicted molar refractivity (Wildman–Crippen MR) is 217 cm³/mol.